The van der Waals surface area contributed by atoms with Gasteiger partial charge in [-0.15, -0.1) is 11.6 Å². The maximum Gasteiger partial charge on any atom is 0.125 e. The molecule has 0 aliphatic heterocycles. The molecule has 1 aromatic heterocycles. The zero-order valence-electron chi connectivity index (χ0n) is 9.63. The van der Waals surface area contributed by atoms with Crippen LogP contribution >= 0.6 is 11.6 Å². The van der Waals surface area contributed by atoms with Gasteiger partial charge in [0.25, 0.3) is 0 Å². The van der Waals surface area contributed by atoms with E-state index in [4.69, 9.17) is 11.6 Å². The predicted molar refractivity (Wildman–Crippen MR) is 68.8 cm³/mol. The maximum atomic E-state index is 5.91. The van der Waals surface area contributed by atoms with Gasteiger partial charge >= 0.3 is 0 Å². The molecule has 0 spiro atoms. The highest BCUT2D eigenvalue weighted by Crippen LogP contribution is 2.20. The number of aryl methyl sites for hydroxylation is 1. The SMILES string of the molecule is C=C(C)Cn1c(CCl)nc2cc(C)ccc21. The second-order valence-electron chi connectivity index (χ2n) is 4.20. The summed E-state index contributed by atoms with van der Waals surface area (Å²) in [5.74, 6) is 1.34. The molecule has 3 heteroatoms. The largest absolute Gasteiger partial charge is 0.323 e. The molecule has 0 aliphatic carbocycles. The Morgan fingerprint density at radius 3 is 2.88 bits per heavy atom. The summed E-state index contributed by atoms with van der Waals surface area (Å²) in [4.78, 5) is 4.53. The van der Waals surface area contributed by atoms with E-state index in [9.17, 15) is 0 Å². The third kappa shape index (κ3) is 1.98. The first-order valence-electron chi connectivity index (χ1n) is 5.28. The molecule has 0 bridgehead atoms. The Bertz CT molecular complexity index is 540. The van der Waals surface area contributed by atoms with Crippen LogP contribution in [0.15, 0.2) is 30.4 Å². The van der Waals surface area contributed by atoms with E-state index in [2.05, 4.69) is 41.3 Å². The number of benzene rings is 1. The standard InChI is InChI=1S/C13H15ClN2/c1-9(2)8-16-12-5-4-10(3)6-11(12)15-13(16)7-14/h4-6H,1,7-8H2,2-3H3. The summed E-state index contributed by atoms with van der Waals surface area (Å²) < 4.78 is 2.13. The lowest BCUT2D eigenvalue weighted by atomic mass is 10.2. The molecule has 0 aliphatic rings. The van der Waals surface area contributed by atoms with Gasteiger partial charge in [0.15, 0.2) is 0 Å². The van der Waals surface area contributed by atoms with E-state index in [1.807, 2.05) is 6.92 Å². The molecule has 0 radical (unpaired) electrons. The van der Waals surface area contributed by atoms with Crippen molar-refractivity contribution in [3.05, 3.63) is 41.7 Å². The summed E-state index contributed by atoms with van der Waals surface area (Å²) in [5.41, 5.74) is 4.46. The van der Waals surface area contributed by atoms with Gasteiger partial charge in [0.2, 0.25) is 0 Å². The Morgan fingerprint density at radius 2 is 2.25 bits per heavy atom. The molecule has 0 fully saturated rings. The van der Waals surface area contributed by atoms with Crippen LogP contribution < -0.4 is 0 Å². The smallest absolute Gasteiger partial charge is 0.125 e. The lowest BCUT2D eigenvalue weighted by Gasteiger charge is -2.06. The molecule has 2 nitrogen and oxygen atoms in total. The van der Waals surface area contributed by atoms with Gasteiger partial charge in [-0.2, -0.15) is 0 Å². The topological polar surface area (TPSA) is 17.8 Å². The van der Waals surface area contributed by atoms with Crippen molar-refractivity contribution in [2.45, 2.75) is 26.3 Å². The summed E-state index contributed by atoms with van der Waals surface area (Å²) >= 11 is 5.91. The van der Waals surface area contributed by atoms with Gasteiger partial charge in [0.05, 0.1) is 16.9 Å². The van der Waals surface area contributed by atoms with Crippen LogP contribution in [0.5, 0.6) is 0 Å². The first kappa shape index (κ1) is 11.2. The van der Waals surface area contributed by atoms with E-state index >= 15 is 0 Å². The number of halogens is 1. The molecule has 84 valence electrons. The van der Waals surface area contributed by atoms with E-state index in [-0.39, 0.29) is 0 Å². The van der Waals surface area contributed by atoms with Crippen molar-refractivity contribution in [3.63, 3.8) is 0 Å². The fourth-order valence-corrected chi connectivity index (χ4v) is 2.04. The molecular formula is C13H15ClN2. The number of imidazole rings is 1. The van der Waals surface area contributed by atoms with Gasteiger partial charge < -0.3 is 4.57 Å². The van der Waals surface area contributed by atoms with Crippen LogP contribution in [-0.2, 0) is 12.4 Å². The molecule has 1 aromatic carbocycles. The Balaban J connectivity index is 2.63. The highest BCUT2D eigenvalue weighted by Gasteiger charge is 2.09. The second-order valence-corrected chi connectivity index (χ2v) is 4.46. The van der Waals surface area contributed by atoms with E-state index in [1.54, 1.807) is 0 Å². The lowest BCUT2D eigenvalue weighted by Crippen LogP contribution is -2.02. The fraction of sp³-hybridized carbons (Fsp3) is 0.308. The van der Waals surface area contributed by atoms with Crippen LogP contribution in [0.25, 0.3) is 11.0 Å². The maximum absolute atomic E-state index is 5.91. The van der Waals surface area contributed by atoms with E-state index < -0.39 is 0 Å². The number of nitrogens with zero attached hydrogens (tertiary/aromatic N) is 2. The van der Waals surface area contributed by atoms with Crippen molar-refractivity contribution >= 4 is 22.6 Å². The molecule has 16 heavy (non-hydrogen) atoms. The van der Waals surface area contributed by atoms with E-state index in [0.717, 1.165) is 29.0 Å². The predicted octanol–water partition coefficient (Wildman–Crippen LogP) is 3.66. The Hall–Kier alpha value is -1.28. The highest BCUT2D eigenvalue weighted by atomic mass is 35.5. The average molecular weight is 235 g/mol. The van der Waals surface area contributed by atoms with Gasteiger partial charge in [-0.25, -0.2) is 4.98 Å². The number of fused-ring (bicyclic) bond motifs is 1. The zero-order chi connectivity index (χ0) is 11.7. The minimum absolute atomic E-state index is 0.432. The molecular weight excluding hydrogens is 220 g/mol. The molecule has 0 amide bonds. The zero-order valence-corrected chi connectivity index (χ0v) is 10.4. The Labute approximate surface area is 101 Å². The minimum atomic E-state index is 0.432. The molecule has 0 saturated heterocycles. The van der Waals surface area contributed by atoms with Crippen LogP contribution in [-0.4, -0.2) is 9.55 Å². The van der Waals surface area contributed by atoms with Crippen molar-refractivity contribution in [2.24, 2.45) is 0 Å². The number of allylic oxidation sites excluding steroid dienone is 1. The quantitative estimate of drug-likeness (QED) is 0.586. The highest BCUT2D eigenvalue weighted by molar-refractivity contribution is 6.16. The third-order valence-electron chi connectivity index (χ3n) is 2.53. The van der Waals surface area contributed by atoms with Crippen LogP contribution in [0.2, 0.25) is 0 Å². The summed E-state index contributed by atoms with van der Waals surface area (Å²) in [5, 5.41) is 0. The summed E-state index contributed by atoms with van der Waals surface area (Å²) in [6.07, 6.45) is 0. The Morgan fingerprint density at radius 1 is 1.50 bits per heavy atom. The fourth-order valence-electron chi connectivity index (χ4n) is 1.84. The number of rotatable bonds is 3. The van der Waals surface area contributed by atoms with Crippen LogP contribution in [0.1, 0.15) is 18.3 Å². The number of hydrogen-bond acceptors (Lipinski definition) is 1. The van der Waals surface area contributed by atoms with Crippen LogP contribution in [0, 0.1) is 6.92 Å². The van der Waals surface area contributed by atoms with Gasteiger partial charge in [-0.1, -0.05) is 18.2 Å². The van der Waals surface area contributed by atoms with Gasteiger partial charge in [-0.05, 0) is 31.5 Å². The van der Waals surface area contributed by atoms with Crippen molar-refractivity contribution < 1.29 is 0 Å². The van der Waals surface area contributed by atoms with Crippen molar-refractivity contribution in [2.75, 3.05) is 0 Å². The van der Waals surface area contributed by atoms with E-state index in [0.29, 0.717) is 5.88 Å². The van der Waals surface area contributed by atoms with Crippen molar-refractivity contribution in [1.29, 1.82) is 0 Å². The monoisotopic (exact) mass is 234 g/mol. The van der Waals surface area contributed by atoms with Crippen molar-refractivity contribution in [1.82, 2.24) is 9.55 Å². The average Bonchev–Trinajstić information content (AvgIpc) is 2.55. The van der Waals surface area contributed by atoms with Gasteiger partial charge in [-0.3, -0.25) is 0 Å². The molecule has 0 N–H and O–H groups in total. The van der Waals surface area contributed by atoms with Crippen molar-refractivity contribution in [3.8, 4) is 0 Å². The van der Waals surface area contributed by atoms with Crippen LogP contribution in [0.3, 0.4) is 0 Å². The van der Waals surface area contributed by atoms with Gasteiger partial charge in [0.1, 0.15) is 5.82 Å². The summed E-state index contributed by atoms with van der Waals surface area (Å²) in [7, 11) is 0. The van der Waals surface area contributed by atoms with Gasteiger partial charge in [0, 0.05) is 6.54 Å². The summed E-state index contributed by atoms with van der Waals surface area (Å²) in [6.45, 7) is 8.80. The molecule has 1 heterocycles. The lowest BCUT2D eigenvalue weighted by molar-refractivity contribution is 0.768. The molecule has 0 unspecified atom stereocenters. The first-order valence-corrected chi connectivity index (χ1v) is 5.81. The first-order chi connectivity index (χ1) is 7.61. The Kier molecular flexibility index (Phi) is 3.01. The minimum Gasteiger partial charge on any atom is -0.323 e. The second kappa shape index (κ2) is 4.30. The summed E-state index contributed by atoms with van der Waals surface area (Å²) in [6, 6.07) is 6.27. The molecule has 2 aromatic rings. The molecule has 0 saturated carbocycles. The van der Waals surface area contributed by atoms with E-state index in [1.165, 1.54) is 5.56 Å². The van der Waals surface area contributed by atoms with Crippen LogP contribution in [0.4, 0.5) is 0 Å². The third-order valence-corrected chi connectivity index (χ3v) is 2.77. The molecule has 2 rings (SSSR count). The molecule has 0 atom stereocenters. The number of alkyl halides is 1. The normalized spacial score (nSPS) is 10.9. The number of aromatic nitrogens is 2. The number of hydrogen-bond donors (Lipinski definition) is 0.